The van der Waals surface area contributed by atoms with Gasteiger partial charge in [0, 0.05) is 31.6 Å². The van der Waals surface area contributed by atoms with Crippen LogP contribution in [0.2, 0.25) is 0 Å². The van der Waals surface area contributed by atoms with Crippen LogP contribution in [0, 0.1) is 0 Å². The molecule has 4 aliphatic rings. The summed E-state index contributed by atoms with van der Waals surface area (Å²) in [5.74, 6) is -0.00109. The third-order valence-electron chi connectivity index (χ3n) is 5.78. The van der Waals surface area contributed by atoms with Gasteiger partial charge in [0.15, 0.2) is 0 Å². The van der Waals surface area contributed by atoms with Crippen molar-refractivity contribution < 1.29 is 19.1 Å². The van der Waals surface area contributed by atoms with Gasteiger partial charge in [-0.25, -0.2) is 0 Å². The molecule has 1 aromatic rings. The molecule has 5 rings (SSSR count). The standard InChI is InChI=1S/C18H19N3O4/c22-15-2-1-13(16(23)20-15)21-7-11-5-10-3-4-18(8-19-9-18)25-14(10)6-12(11)17(21)24/h5-6,13,19H,1-4,7-9H2,(H,20,22,23)/t13-/m0/s1. The van der Waals surface area contributed by atoms with E-state index in [9.17, 15) is 14.4 Å². The Hall–Kier alpha value is -2.41. The average molecular weight is 341 g/mol. The first-order valence-electron chi connectivity index (χ1n) is 8.75. The molecular formula is C18H19N3O4. The van der Waals surface area contributed by atoms with Gasteiger partial charge in [-0.3, -0.25) is 19.7 Å². The highest BCUT2D eigenvalue weighted by Crippen LogP contribution is 2.39. The first kappa shape index (κ1) is 14.9. The summed E-state index contributed by atoms with van der Waals surface area (Å²) in [7, 11) is 0. The Balaban J connectivity index is 1.44. The molecule has 25 heavy (non-hydrogen) atoms. The van der Waals surface area contributed by atoms with E-state index >= 15 is 0 Å². The van der Waals surface area contributed by atoms with Crippen LogP contribution in [-0.2, 0) is 22.6 Å². The van der Waals surface area contributed by atoms with E-state index in [-0.39, 0.29) is 29.7 Å². The van der Waals surface area contributed by atoms with Crippen molar-refractivity contribution in [1.29, 1.82) is 0 Å². The number of rotatable bonds is 1. The van der Waals surface area contributed by atoms with Crippen LogP contribution in [0.15, 0.2) is 12.1 Å². The van der Waals surface area contributed by atoms with Crippen LogP contribution in [0.4, 0.5) is 0 Å². The molecule has 0 radical (unpaired) electrons. The third-order valence-corrected chi connectivity index (χ3v) is 5.78. The van der Waals surface area contributed by atoms with Crippen molar-refractivity contribution in [2.75, 3.05) is 13.1 Å². The van der Waals surface area contributed by atoms with Crippen molar-refractivity contribution in [3.05, 3.63) is 28.8 Å². The highest BCUT2D eigenvalue weighted by molar-refractivity contribution is 6.05. The minimum atomic E-state index is -0.572. The molecule has 0 bridgehead atoms. The number of carbonyl (C=O) groups is 3. The van der Waals surface area contributed by atoms with Crippen LogP contribution in [0.3, 0.4) is 0 Å². The van der Waals surface area contributed by atoms with Crippen molar-refractivity contribution in [2.45, 2.75) is 43.9 Å². The van der Waals surface area contributed by atoms with Gasteiger partial charge in [-0.2, -0.15) is 0 Å². The van der Waals surface area contributed by atoms with Gasteiger partial charge in [0.1, 0.15) is 17.4 Å². The molecule has 0 aromatic heterocycles. The smallest absolute Gasteiger partial charge is 0.255 e. The second kappa shape index (κ2) is 5.05. The summed E-state index contributed by atoms with van der Waals surface area (Å²) < 4.78 is 6.19. The van der Waals surface area contributed by atoms with E-state index < -0.39 is 6.04 Å². The average Bonchev–Trinajstić information content (AvgIpc) is 2.87. The van der Waals surface area contributed by atoms with Crippen LogP contribution in [0.25, 0.3) is 0 Å². The van der Waals surface area contributed by atoms with Crippen molar-refractivity contribution in [2.24, 2.45) is 0 Å². The molecule has 7 heteroatoms. The normalized spacial score (nSPS) is 26.6. The molecule has 0 saturated carbocycles. The fourth-order valence-corrected chi connectivity index (χ4v) is 4.24. The van der Waals surface area contributed by atoms with Crippen molar-refractivity contribution in [1.82, 2.24) is 15.5 Å². The molecule has 4 aliphatic heterocycles. The largest absolute Gasteiger partial charge is 0.484 e. The zero-order valence-corrected chi connectivity index (χ0v) is 13.8. The SMILES string of the molecule is O=C1CC[C@H](N2Cc3cc4c(cc3C2=O)OC2(CC4)CNC2)C(=O)N1. The van der Waals surface area contributed by atoms with E-state index in [1.165, 1.54) is 0 Å². The molecule has 1 aromatic carbocycles. The van der Waals surface area contributed by atoms with Gasteiger partial charge in [0.25, 0.3) is 5.91 Å². The molecule has 2 fully saturated rings. The lowest BCUT2D eigenvalue weighted by molar-refractivity contribution is -0.136. The summed E-state index contributed by atoms with van der Waals surface area (Å²) >= 11 is 0. The van der Waals surface area contributed by atoms with Gasteiger partial charge >= 0.3 is 0 Å². The monoisotopic (exact) mass is 341 g/mol. The van der Waals surface area contributed by atoms with Crippen LogP contribution < -0.4 is 15.4 Å². The number of amides is 3. The van der Waals surface area contributed by atoms with Gasteiger partial charge in [0.05, 0.1) is 0 Å². The molecule has 1 atom stereocenters. The summed E-state index contributed by atoms with van der Waals surface area (Å²) in [5.41, 5.74) is 2.58. The van der Waals surface area contributed by atoms with Gasteiger partial charge in [-0.05, 0) is 42.5 Å². The quantitative estimate of drug-likeness (QED) is 0.708. The minimum Gasteiger partial charge on any atom is -0.484 e. The number of fused-ring (bicyclic) bond motifs is 2. The van der Waals surface area contributed by atoms with Gasteiger partial charge in [-0.1, -0.05) is 0 Å². The Morgan fingerprint density at radius 3 is 2.68 bits per heavy atom. The number of hydrogen-bond acceptors (Lipinski definition) is 5. The number of ether oxygens (including phenoxy) is 1. The van der Waals surface area contributed by atoms with Crippen LogP contribution >= 0.6 is 0 Å². The third kappa shape index (κ3) is 2.18. The van der Waals surface area contributed by atoms with Gasteiger partial charge in [0.2, 0.25) is 11.8 Å². The lowest BCUT2D eigenvalue weighted by Gasteiger charge is -2.45. The van der Waals surface area contributed by atoms with Crippen LogP contribution in [-0.4, -0.2) is 47.4 Å². The molecule has 2 N–H and O–H groups in total. The Morgan fingerprint density at radius 1 is 1.12 bits per heavy atom. The molecule has 0 unspecified atom stereocenters. The molecule has 1 spiro atoms. The Bertz CT molecular complexity index is 815. The van der Waals surface area contributed by atoms with Crippen molar-refractivity contribution >= 4 is 17.7 Å². The predicted molar refractivity (Wildman–Crippen MR) is 87.0 cm³/mol. The molecule has 0 aliphatic carbocycles. The lowest BCUT2D eigenvalue weighted by atomic mass is 9.85. The Kier molecular flexibility index (Phi) is 3.01. The van der Waals surface area contributed by atoms with Gasteiger partial charge in [-0.15, -0.1) is 0 Å². The van der Waals surface area contributed by atoms with E-state index in [1.807, 2.05) is 12.1 Å². The zero-order chi connectivity index (χ0) is 17.2. The first-order valence-corrected chi connectivity index (χ1v) is 8.75. The van der Waals surface area contributed by atoms with E-state index in [0.717, 1.165) is 42.8 Å². The molecule has 7 nitrogen and oxygen atoms in total. The van der Waals surface area contributed by atoms with Crippen LogP contribution in [0.5, 0.6) is 5.75 Å². The molecular weight excluding hydrogens is 322 g/mol. The number of nitrogens with zero attached hydrogens (tertiary/aromatic N) is 1. The Morgan fingerprint density at radius 2 is 1.96 bits per heavy atom. The molecule has 4 heterocycles. The first-order chi connectivity index (χ1) is 12.0. The van der Waals surface area contributed by atoms with Gasteiger partial charge < -0.3 is 15.0 Å². The van der Waals surface area contributed by atoms with Crippen LogP contribution in [0.1, 0.15) is 40.7 Å². The number of benzene rings is 1. The topological polar surface area (TPSA) is 87.7 Å². The highest BCUT2D eigenvalue weighted by Gasteiger charge is 2.44. The maximum absolute atomic E-state index is 12.8. The molecule has 3 amide bonds. The summed E-state index contributed by atoms with van der Waals surface area (Å²) in [6.45, 7) is 2.11. The molecule has 130 valence electrons. The number of piperidine rings is 1. The van der Waals surface area contributed by atoms with E-state index in [1.54, 1.807) is 4.90 Å². The van der Waals surface area contributed by atoms with Crippen molar-refractivity contribution in [3.63, 3.8) is 0 Å². The minimum absolute atomic E-state index is 0.119. The second-order valence-corrected chi connectivity index (χ2v) is 7.41. The molecule has 2 saturated heterocycles. The number of hydrogen-bond donors (Lipinski definition) is 2. The number of imide groups is 1. The summed E-state index contributed by atoms with van der Waals surface area (Å²) in [6.07, 6.45) is 2.58. The predicted octanol–water partition coefficient (Wildman–Crippen LogP) is 0.115. The van der Waals surface area contributed by atoms with E-state index in [2.05, 4.69) is 10.6 Å². The number of nitrogens with one attached hydrogen (secondary N) is 2. The summed E-state index contributed by atoms with van der Waals surface area (Å²) in [6, 6.07) is 3.32. The second-order valence-electron chi connectivity index (χ2n) is 7.41. The van der Waals surface area contributed by atoms with Crippen molar-refractivity contribution in [3.8, 4) is 5.75 Å². The van der Waals surface area contributed by atoms with E-state index in [4.69, 9.17) is 4.74 Å². The lowest BCUT2D eigenvalue weighted by Crippen LogP contribution is -2.64. The fraction of sp³-hybridized carbons (Fsp3) is 0.500. The zero-order valence-electron chi connectivity index (χ0n) is 13.8. The summed E-state index contributed by atoms with van der Waals surface area (Å²) in [4.78, 5) is 37.9. The highest BCUT2D eigenvalue weighted by atomic mass is 16.5. The maximum Gasteiger partial charge on any atom is 0.255 e. The maximum atomic E-state index is 12.8. The number of carbonyl (C=O) groups excluding carboxylic acids is 3. The Labute approximate surface area is 144 Å². The fourth-order valence-electron chi connectivity index (χ4n) is 4.24. The van der Waals surface area contributed by atoms with E-state index in [0.29, 0.717) is 18.5 Å². The number of aryl methyl sites for hydroxylation is 1. The summed E-state index contributed by atoms with van der Waals surface area (Å²) in [5, 5.41) is 5.58.